The van der Waals surface area contributed by atoms with Crippen LogP contribution < -0.4 is 11.5 Å². The third kappa shape index (κ3) is 9.49. The van der Waals surface area contributed by atoms with Crippen molar-refractivity contribution in [2.75, 3.05) is 0 Å². The molecule has 0 radical (unpaired) electrons. The number of rotatable bonds is 6. The summed E-state index contributed by atoms with van der Waals surface area (Å²) in [6.07, 6.45) is 0.907. The highest BCUT2D eigenvalue weighted by Gasteiger charge is 2.12. The standard InChI is InChI=1S/C9H10BrNO2.C6H13NO2/c10-7-3-1-2-6(4-7)5-8(11)9(12)13;1-4(2)3-5(7)6(8)9/h1-4,8H,5,11H2,(H,12,13);4-5H,3,7H2,1-2H3,(H,8,9). The van der Waals surface area contributed by atoms with Crippen molar-refractivity contribution in [3.63, 3.8) is 0 Å². The second-order valence-corrected chi connectivity index (χ2v) is 6.27. The van der Waals surface area contributed by atoms with Crippen LogP contribution in [0.3, 0.4) is 0 Å². The molecule has 0 fully saturated rings. The van der Waals surface area contributed by atoms with Gasteiger partial charge in [0, 0.05) is 4.47 Å². The molecule has 0 saturated carbocycles. The van der Waals surface area contributed by atoms with Gasteiger partial charge in [-0.25, -0.2) is 0 Å². The molecule has 1 aromatic rings. The fourth-order valence-corrected chi connectivity index (χ4v) is 2.06. The van der Waals surface area contributed by atoms with E-state index in [1.54, 1.807) is 0 Å². The lowest BCUT2D eigenvalue weighted by Crippen LogP contribution is -2.32. The van der Waals surface area contributed by atoms with Gasteiger partial charge in [0.25, 0.3) is 0 Å². The number of carboxylic acid groups (broad SMARTS) is 2. The van der Waals surface area contributed by atoms with Gasteiger partial charge in [-0.05, 0) is 36.5 Å². The molecule has 0 aliphatic carbocycles. The second-order valence-electron chi connectivity index (χ2n) is 5.35. The number of hydrogen-bond donors (Lipinski definition) is 4. The molecular formula is C15H23BrN2O4. The number of carbonyl (C=O) groups is 2. The highest BCUT2D eigenvalue weighted by Crippen LogP contribution is 2.12. The number of halogens is 1. The molecule has 6 N–H and O–H groups in total. The SMILES string of the molecule is CC(C)CC(N)C(=O)O.NC(Cc1cccc(Br)c1)C(=O)O. The van der Waals surface area contributed by atoms with E-state index in [4.69, 9.17) is 21.7 Å². The molecule has 124 valence electrons. The van der Waals surface area contributed by atoms with E-state index in [0.717, 1.165) is 10.0 Å². The first-order chi connectivity index (χ1) is 10.1. The van der Waals surface area contributed by atoms with Gasteiger partial charge in [0.05, 0.1) is 0 Å². The maximum atomic E-state index is 10.5. The predicted octanol–water partition coefficient (Wildman–Crippen LogP) is 1.85. The topological polar surface area (TPSA) is 127 Å². The van der Waals surface area contributed by atoms with E-state index in [1.165, 1.54) is 0 Å². The number of aliphatic carboxylic acids is 2. The van der Waals surface area contributed by atoms with Crippen molar-refractivity contribution in [1.29, 1.82) is 0 Å². The van der Waals surface area contributed by atoms with Gasteiger partial charge >= 0.3 is 11.9 Å². The van der Waals surface area contributed by atoms with Crippen LogP contribution in [-0.2, 0) is 16.0 Å². The molecular weight excluding hydrogens is 352 g/mol. The summed E-state index contributed by atoms with van der Waals surface area (Å²) < 4.78 is 0.933. The van der Waals surface area contributed by atoms with Crippen LogP contribution in [0.5, 0.6) is 0 Å². The molecule has 0 aliphatic heterocycles. The summed E-state index contributed by atoms with van der Waals surface area (Å²) in [4.78, 5) is 20.6. The van der Waals surface area contributed by atoms with Gasteiger partial charge < -0.3 is 21.7 Å². The van der Waals surface area contributed by atoms with Gasteiger partial charge in [-0.15, -0.1) is 0 Å². The van der Waals surface area contributed by atoms with Gasteiger partial charge in [-0.2, -0.15) is 0 Å². The Bertz CT molecular complexity index is 494. The molecule has 0 spiro atoms. The van der Waals surface area contributed by atoms with E-state index < -0.39 is 24.0 Å². The van der Waals surface area contributed by atoms with Gasteiger partial charge in [-0.3, -0.25) is 9.59 Å². The van der Waals surface area contributed by atoms with Crippen LogP contribution in [0, 0.1) is 5.92 Å². The van der Waals surface area contributed by atoms with Crippen molar-refractivity contribution in [3.8, 4) is 0 Å². The second kappa shape index (κ2) is 10.3. The van der Waals surface area contributed by atoms with Gasteiger partial charge in [-0.1, -0.05) is 41.9 Å². The Kier molecular flexibility index (Phi) is 9.64. The van der Waals surface area contributed by atoms with Crippen molar-refractivity contribution in [2.45, 2.75) is 38.8 Å². The lowest BCUT2D eigenvalue weighted by atomic mass is 10.1. The Morgan fingerprint density at radius 1 is 1.14 bits per heavy atom. The Morgan fingerprint density at radius 3 is 2.05 bits per heavy atom. The number of carboxylic acids is 2. The zero-order valence-electron chi connectivity index (χ0n) is 12.7. The van der Waals surface area contributed by atoms with Gasteiger partial charge in [0.2, 0.25) is 0 Å². The molecule has 1 rings (SSSR count). The van der Waals surface area contributed by atoms with Crippen molar-refractivity contribution in [1.82, 2.24) is 0 Å². The first-order valence-corrected chi connectivity index (χ1v) is 7.64. The fraction of sp³-hybridized carbons (Fsp3) is 0.467. The molecule has 0 amide bonds. The van der Waals surface area contributed by atoms with E-state index in [0.29, 0.717) is 18.8 Å². The normalized spacial score (nSPS) is 13.0. The molecule has 7 heteroatoms. The van der Waals surface area contributed by atoms with Crippen LogP contribution in [0.15, 0.2) is 28.7 Å². The number of benzene rings is 1. The highest BCUT2D eigenvalue weighted by molar-refractivity contribution is 9.10. The molecule has 0 aromatic heterocycles. The van der Waals surface area contributed by atoms with Crippen molar-refractivity contribution in [3.05, 3.63) is 34.3 Å². The van der Waals surface area contributed by atoms with E-state index in [1.807, 2.05) is 38.1 Å². The first-order valence-electron chi connectivity index (χ1n) is 6.84. The van der Waals surface area contributed by atoms with Crippen molar-refractivity contribution < 1.29 is 19.8 Å². The lowest BCUT2D eigenvalue weighted by Gasteiger charge is -2.07. The Balaban J connectivity index is 0.000000433. The minimum absolute atomic E-state index is 0.356. The molecule has 0 heterocycles. The quantitative estimate of drug-likeness (QED) is 0.601. The summed E-state index contributed by atoms with van der Waals surface area (Å²) in [6.45, 7) is 3.89. The molecule has 22 heavy (non-hydrogen) atoms. The summed E-state index contributed by atoms with van der Waals surface area (Å²) in [5.41, 5.74) is 11.5. The molecule has 0 saturated heterocycles. The summed E-state index contributed by atoms with van der Waals surface area (Å²) in [6, 6.07) is 5.94. The largest absolute Gasteiger partial charge is 0.480 e. The number of nitrogens with two attached hydrogens (primary N) is 2. The molecule has 2 atom stereocenters. The monoisotopic (exact) mass is 374 g/mol. The third-order valence-corrected chi connectivity index (χ3v) is 3.20. The summed E-state index contributed by atoms with van der Waals surface area (Å²) >= 11 is 3.30. The maximum Gasteiger partial charge on any atom is 0.320 e. The zero-order chi connectivity index (χ0) is 17.3. The molecule has 2 unspecified atom stereocenters. The van der Waals surface area contributed by atoms with E-state index in [2.05, 4.69) is 15.9 Å². The third-order valence-electron chi connectivity index (χ3n) is 2.70. The summed E-state index contributed by atoms with van der Waals surface area (Å²) in [5, 5.41) is 16.9. The Hall–Kier alpha value is -1.44. The van der Waals surface area contributed by atoms with Crippen LogP contribution in [-0.4, -0.2) is 34.2 Å². The van der Waals surface area contributed by atoms with Crippen LogP contribution in [0.1, 0.15) is 25.8 Å². The minimum Gasteiger partial charge on any atom is -0.480 e. The predicted molar refractivity (Wildman–Crippen MR) is 88.5 cm³/mol. The molecule has 1 aromatic carbocycles. The Morgan fingerprint density at radius 2 is 1.68 bits per heavy atom. The van der Waals surface area contributed by atoms with Crippen LogP contribution >= 0.6 is 15.9 Å². The summed E-state index contributed by atoms with van der Waals surface area (Å²) in [7, 11) is 0. The van der Waals surface area contributed by atoms with Crippen LogP contribution in [0.25, 0.3) is 0 Å². The molecule has 6 nitrogen and oxygen atoms in total. The Labute approximate surface area is 138 Å². The van der Waals surface area contributed by atoms with Gasteiger partial charge in [0.1, 0.15) is 12.1 Å². The van der Waals surface area contributed by atoms with Crippen molar-refractivity contribution in [2.24, 2.45) is 17.4 Å². The molecule has 0 aliphatic rings. The lowest BCUT2D eigenvalue weighted by molar-refractivity contribution is -0.139. The minimum atomic E-state index is -0.972. The van der Waals surface area contributed by atoms with E-state index in [9.17, 15) is 9.59 Å². The van der Waals surface area contributed by atoms with E-state index in [-0.39, 0.29) is 0 Å². The summed E-state index contributed by atoms with van der Waals surface area (Å²) in [5.74, 6) is -1.53. The fourth-order valence-electron chi connectivity index (χ4n) is 1.61. The van der Waals surface area contributed by atoms with Gasteiger partial charge in [0.15, 0.2) is 0 Å². The van der Waals surface area contributed by atoms with E-state index >= 15 is 0 Å². The highest BCUT2D eigenvalue weighted by atomic mass is 79.9. The van der Waals surface area contributed by atoms with Crippen LogP contribution in [0.2, 0.25) is 0 Å². The average Bonchev–Trinajstić information content (AvgIpc) is 2.38. The first kappa shape index (κ1) is 20.6. The zero-order valence-corrected chi connectivity index (χ0v) is 14.3. The van der Waals surface area contributed by atoms with Crippen LogP contribution in [0.4, 0.5) is 0 Å². The number of hydrogen-bond acceptors (Lipinski definition) is 4. The van der Waals surface area contributed by atoms with Crippen molar-refractivity contribution >= 4 is 27.9 Å². The smallest absolute Gasteiger partial charge is 0.320 e. The average molecular weight is 375 g/mol. The maximum absolute atomic E-state index is 10.5. The molecule has 0 bridgehead atoms.